The van der Waals surface area contributed by atoms with Crippen molar-refractivity contribution in [3.05, 3.63) is 76.1 Å². The summed E-state index contributed by atoms with van der Waals surface area (Å²) in [6.07, 6.45) is 0.755. The molecule has 12 heteroatoms. The van der Waals surface area contributed by atoms with Gasteiger partial charge in [0.05, 0.1) is 25.5 Å². The van der Waals surface area contributed by atoms with Gasteiger partial charge < -0.3 is 19.5 Å². The van der Waals surface area contributed by atoms with Crippen LogP contribution in [0.3, 0.4) is 0 Å². The van der Waals surface area contributed by atoms with Crippen LogP contribution in [-0.2, 0) is 16.0 Å². The van der Waals surface area contributed by atoms with E-state index in [1.54, 1.807) is 52.0 Å². The minimum absolute atomic E-state index is 0.0600. The number of ether oxygens (including phenoxy) is 3. The average Bonchev–Trinajstić information content (AvgIpc) is 2.90. The first-order valence-electron chi connectivity index (χ1n) is 13.6. The zero-order valence-electron chi connectivity index (χ0n) is 24.2. The summed E-state index contributed by atoms with van der Waals surface area (Å²) in [5.41, 5.74) is 0.486. The van der Waals surface area contributed by atoms with E-state index in [0.29, 0.717) is 37.1 Å². The van der Waals surface area contributed by atoms with Gasteiger partial charge in [-0.25, -0.2) is 23.1 Å². The van der Waals surface area contributed by atoms with E-state index in [0.717, 1.165) is 16.8 Å². The van der Waals surface area contributed by atoms with Gasteiger partial charge in [0.25, 0.3) is 5.56 Å². The number of alkyl carbamates (subject to hydrolysis) is 1. The van der Waals surface area contributed by atoms with E-state index >= 15 is 0 Å². The van der Waals surface area contributed by atoms with Crippen molar-refractivity contribution >= 4 is 17.9 Å². The second-order valence-electron chi connectivity index (χ2n) is 10.4. The molecule has 0 unspecified atom stereocenters. The molecule has 2 aromatic carbocycles. The highest BCUT2D eigenvalue weighted by Crippen LogP contribution is 2.28. The van der Waals surface area contributed by atoms with Crippen LogP contribution in [0.2, 0.25) is 0 Å². The van der Waals surface area contributed by atoms with Gasteiger partial charge in [-0.1, -0.05) is 12.1 Å². The third-order valence-electron chi connectivity index (χ3n) is 5.68. The minimum atomic E-state index is -0.895. The molecule has 2 amide bonds. The number of hydrogen-bond acceptors (Lipinski definition) is 7. The quantitative estimate of drug-likeness (QED) is 0.254. The summed E-state index contributed by atoms with van der Waals surface area (Å²) >= 11 is 0. The number of carbonyl (C=O) groups excluding carboxylic acids is 2. The van der Waals surface area contributed by atoms with E-state index in [4.69, 9.17) is 14.2 Å². The molecular weight excluding hydrogens is 550 g/mol. The molecule has 10 nitrogen and oxygen atoms in total. The molecule has 0 aliphatic rings. The van der Waals surface area contributed by atoms with Crippen molar-refractivity contribution < 1.29 is 32.6 Å². The summed E-state index contributed by atoms with van der Waals surface area (Å²) in [4.78, 5) is 35.8. The number of benzene rings is 2. The Bertz CT molecular complexity index is 1410. The average molecular weight is 587 g/mol. The Balaban J connectivity index is 1.58. The van der Waals surface area contributed by atoms with Gasteiger partial charge in [-0.05, 0) is 82.9 Å². The predicted octanol–water partition coefficient (Wildman–Crippen LogP) is 5.88. The van der Waals surface area contributed by atoms with Crippen molar-refractivity contribution in [2.24, 2.45) is 0 Å². The van der Waals surface area contributed by atoms with Crippen LogP contribution in [0, 0.1) is 11.6 Å². The van der Waals surface area contributed by atoms with Crippen LogP contribution in [0.4, 0.5) is 24.1 Å². The molecule has 1 aromatic heterocycles. The number of aromatic nitrogens is 2. The van der Waals surface area contributed by atoms with Gasteiger partial charge in [0.15, 0.2) is 17.4 Å². The van der Waals surface area contributed by atoms with Gasteiger partial charge in [-0.3, -0.25) is 10.1 Å². The van der Waals surface area contributed by atoms with E-state index < -0.39 is 40.7 Å². The molecule has 1 heterocycles. The second-order valence-corrected chi connectivity index (χ2v) is 10.4. The number of nitrogens with one attached hydrogen (secondary N) is 2. The van der Waals surface area contributed by atoms with Crippen LogP contribution in [0.25, 0.3) is 11.3 Å². The lowest BCUT2D eigenvalue weighted by atomic mass is 10.1. The van der Waals surface area contributed by atoms with Crippen molar-refractivity contribution in [1.82, 2.24) is 15.1 Å². The molecule has 0 saturated heterocycles. The molecular formula is C30H36F2N4O6. The Morgan fingerprint density at radius 3 is 2.40 bits per heavy atom. The first kappa shape index (κ1) is 32.0. The molecule has 42 heavy (non-hydrogen) atoms. The third kappa shape index (κ3) is 10.2. The van der Waals surface area contributed by atoms with Crippen LogP contribution in [-0.4, -0.2) is 47.3 Å². The molecule has 0 aliphatic carbocycles. The lowest BCUT2D eigenvalue weighted by Gasteiger charge is -2.19. The maximum atomic E-state index is 14.8. The Kier molecular flexibility index (Phi) is 11.4. The van der Waals surface area contributed by atoms with Crippen LogP contribution in [0.5, 0.6) is 5.75 Å². The smallest absolute Gasteiger partial charge is 0.411 e. The zero-order valence-corrected chi connectivity index (χ0v) is 24.2. The van der Waals surface area contributed by atoms with Gasteiger partial charge in [-0.2, -0.15) is 5.10 Å². The topological polar surface area (TPSA) is 121 Å². The number of unbranched alkanes of at least 4 members (excludes halogenated alkanes) is 2. The van der Waals surface area contributed by atoms with Crippen molar-refractivity contribution in [3.63, 3.8) is 0 Å². The Morgan fingerprint density at radius 1 is 0.976 bits per heavy atom. The fourth-order valence-electron chi connectivity index (χ4n) is 3.85. The van der Waals surface area contributed by atoms with Crippen LogP contribution >= 0.6 is 0 Å². The number of carbonyl (C=O) groups is 2. The second kappa shape index (κ2) is 14.9. The maximum Gasteiger partial charge on any atom is 0.411 e. The van der Waals surface area contributed by atoms with Gasteiger partial charge in [0, 0.05) is 23.9 Å². The molecule has 3 aromatic rings. The van der Waals surface area contributed by atoms with Crippen LogP contribution in [0.1, 0.15) is 52.5 Å². The minimum Gasteiger partial charge on any atom is -0.488 e. The van der Waals surface area contributed by atoms with Crippen LogP contribution in [0.15, 0.2) is 53.3 Å². The molecule has 226 valence electrons. The van der Waals surface area contributed by atoms with Crippen molar-refractivity contribution in [2.45, 2.75) is 59.1 Å². The summed E-state index contributed by atoms with van der Waals surface area (Å²) in [5, 5.41) is 9.53. The molecule has 0 atom stereocenters. The number of nitrogens with zero attached hydrogens (tertiary/aromatic N) is 2. The van der Waals surface area contributed by atoms with Gasteiger partial charge >= 0.3 is 12.2 Å². The van der Waals surface area contributed by atoms with Crippen molar-refractivity contribution in [1.29, 1.82) is 0 Å². The highest BCUT2D eigenvalue weighted by Gasteiger charge is 2.17. The fourth-order valence-corrected chi connectivity index (χ4v) is 3.85. The molecule has 2 N–H and O–H groups in total. The van der Waals surface area contributed by atoms with Gasteiger partial charge in [0.2, 0.25) is 0 Å². The largest absolute Gasteiger partial charge is 0.488 e. The van der Waals surface area contributed by atoms with Crippen molar-refractivity contribution in [2.75, 3.05) is 25.1 Å². The fraction of sp³-hybridized carbons (Fsp3) is 0.400. The number of rotatable bonds is 12. The highest BCUT2D eigenvalue weighted by atomic mass is 19.1. The number of anilines is 1. The van der Waals surface area contributed by atoms with E-state index in [9.17, 15) is 23.2 Å². The SMILES string of the molecule is CCOC(=O)Nc1cccc(Cn2nc(-c3cc(F)c(OCCCCCNC(=O)OC(C)(C)C)c(F)c3)ccc2=O)c1. The molecule has 0 aliphatic heterocycles. The summed E-state index contributed by atoms with van der Waals surface area (Å²) in [7, 11) is 0. The van der Waals surface area contributed by atoms with Gasteiger partial charge in [-0.15, -0.1) is 0 Å². The standard InChI is InChI=1S/C30H36F2N4O6/c1-5-40-29(39)34-22-11-9-10-20(16-22)19-36-26(37)13-12-25(35-36)21-17-23(31)27(24(32)18-21)41-15-8-6-7-14-33-28(38)42-30(2,3)4/h9-13,16-18H,5-8,14-15,19H2,1-4H3,(H,33,38)(H,34,39). The lowest BCUT2D eigenvalue weighted by Crippen LogP contribution is -2.33. The van der Waals surface area contributed by atoms with Crippen LogP contribution < -0.4 is 20.9 Å². The Labute approximate surface area is 243 Å². The first-order chi connectivity index (χ1) is 19.9. The highest BCUT2D eigenvalue weighted by molar-refractivity contribution is 5.84. The molecule has 3 rings (SSSR count). The lowest BCUT2D eigenvalue weighted by molar-refractivity contribution is 0.0526. The number of halogens is 2. The van der Waals surface area contributed by atoms with E-state index in [1.807, 2.05) is 0 Å². The third-order valence-corrected chi connectivity index (χ3v) is 5.68. The van der Waals surface area contributed by atoms with E-state index in [1.165, 1.54) is 12.1 Å². The summed E-state index contributed by atoms with van der Waals surface area (Å²) in [6, 6.07) is 11.6. The molecule has 0 saturated carbocycles. The Morgan fingerprint density at radius 2 is 1.71 bits per heavy atom. The summed E-state index contributed by atoms with van der Waals surface area (Å²) in [6.45, 7) is 7.82. The molecule has 0 spiro atoms. The summed E-state index contributed by atoms with van der Waals surface area (Å²) < 4.78 is 46.2. The first-order valence-corrected chi connectivity index (χ1v) is 13.6. The number of amides is 2. The number of hydrogen-bond donors (Lipinski definition) is 2. The monoisotopic (exact) mass is 586 g/mol. The van der Waals surface area contributed by atoms with E-state index in [-0.39, 0.29) is 31.0 Å². The van der Waals surface area contributed by atoms with E-state index in [2.05, 4.69) is 15.7 Å². The molecule has 0 fully saturated rings. The maximum absolute atomic E-state index is 14.8. The van der Waals surface area contributed by atoms with Crippen molar-refractivity contribution in [3.8, 4) is 17.0 Å². The molecule has 0 radical (unpaired) electrons. The Hall–Kier alpha value is -4.48. The van der Waals surface area contributed by atoms with Gasteiger partial charge in [0.1, 0.15) is 5.60 Å². The molecule has 0 bridgehead atoms. The normalized spacial score (nSPS) is 11.1. The predicted molar refractivity (Wildman–Crippen MR) is 154 cm³/mol. The summed E-state index contributed by atoms with van der Waals surface area (Å²) in [5.74, 6) is -2.28. The zero-order chi connectivity index (χ0) is 30.7.